The van der Waals surface area contributed by atoms with Gasteiger partial charge in [0.05, 0.1) is 12.5 Å². The zero-order valence-corrected chi connectivity index (χ0v) is 13.0. The Labute approximate surface area is 127 Å². The van der Waals surface area contributed by atoms with E-state index < -0.39 is 5.97 Å². The van der Waals surface area contributed by atoms with Crippen molar-refractivity contribution in [3.05, 3.63) is 29.8 Å². The first kappa shape index (κ1) is 15.9. The van der Waals surface area contributed by atoms with Gasteiger partial charge in [-0.05, 0) is 55.7 Å². The average molecular weight is 290 g/mol. The fourth-order valence-corrected chi connectivity index (χ4v) is 3.57. The second-order valence-electron chi connectivity index (χ2n) is 6.02. The number of aliphatic carboxylic acids is 1. The average Bonchev–Trinajstić information content (AvgIpc) is 2.48. The molecule has 1 fully saturated rings. The van der Waals surface area contributed by atoms with E-state index in [1.165, 1.54) is 12.8 Å². The lowest BCUT2D eigenvalue weighted by Crippen LogP contribution is -2.29. The molecule has 0 aliphatic heterocycles. The van der Waals surface area contributed by atoms with Crippen molar-refractivity contribution >= 4 is 5.97 Å². The van der Waals surface area contributed by atoms with Crippen LogP contribution in [-0.4, -0.2) is 17.7 Å². The normalized spacial score (nSPS) is 25.5. The van der Waals surface area contributed by atoms with E-state index in [9.17, 15) is 9.90 Å². The number of carbonyl (C=O) groups is 1. The lowest BCUT2D eigenvalue weighted by molar-refractivity contribution is -0.143. The van der Waals surface area contributed by atoms with Gasteiger partial charge in [0.1, 0.15) is 5.75 Å². The molecule has 0 radical (unpaired) electrons. The highest BCUT2D eigenvalue weighted by molar-refractivity contribution is 5.71. The maximum Gasteiger partial charge on any atom is 0.307 e. The molecule has 3 unspecified atom stereocenters. The third-order valence-corrected chi connectivity index (χ3v) is 4.59. The molecule has 3 heteroatoms. The fraction of sp³-hybridized carbons (Fsp3) is 0.611. The molecule has 0 spiro atoms. The van der Waals surface area contributed by atoms with Gasteiger partial charge in [0, 0.05) is 0 Å². The summed E-state index contributed by atoms with van der Waals surface area (Å²) < 4.78 is 5.47. The Morgan fingerprint density at radius 2 is 1.95 bits per heavy atom. The minimum Gasteiger partial charge on any atom is -0.494 e. The molecule has 1 N–H and O–H groups in total. The molecule has 116 valence electrons. The molecule has 0 heterocycles. The summed E-state index contributed by atoms with van der Waals surface area (Å²) >= 11 is 0. The Balaban J connectivity index is 2.16. The fourth-order valence-electron chi connectivity index (χ4n) is 3.57. The second kappa shape index (κ2) is 7.48. The Morgan fingerprint density at radius 1 is 1.24 bits per heavy atom. The maximum absolute atomic E-state index is 11.5. The molecule has 1 aromatic rings. The van der Waals surface area contributed by atoms with Crippen LogP contribution in [-0.2, 0) is 4.79 Å². The molecule has 3 nitrogen and oxygen atoms in total. The topological polar surface area (TPSA) is 46.5 Å². The van der Waals surface area contributed by atoms with E-state index in [1.54, 1.807) is 0 Å². The third-order valence-electron chi connectivity index (χ3n) is 4.59. The van der Waals surface area contributed by atoms with Crippen molar-refractivity contribution in [2.45, 2.75) is 51.9 Å². The Morgan fingerprint density at radius 3 is 2.52 bits per heavy atom. The van der Waals surface area contributed by atoms with Gasteiger partial charge < -0.3 is 9.84 Å². The SMILES string of the molecule is CCCC1CCC(C(=O)O)C(c2ccc(OCC)cc2)C1. The first-order valence-corrected chi connectivity index (χ1v) is 8.11. The molecular formula is C18H26O3. The van der Waals surface area contributed by atoms with Gasteiger partial charge in [-0.25, -0.2) is 0 Å². The smallest absolute Gasteiger partial charge is 0.307 e. The van der Waals surface area contributed by atoms with Gasteiger partial charge in [0.25, 0.3) is 0 Å². The summed E-state index contributed by atoms with van der Waals surface area (Å²) in [4.78, 5) is 11.5. The van der Waals surface area contributed by atoms with Crippen LogP contribution in [0.3, 0.4) is 0 Å². The molecule has 0 bridgehead atoms. The summed E-state index contributed by atoms with van der Waals surface area (Å²) in [7, 11) is 0. The van der Waals surface area contributed by atoms with Crippen LogP contribution in [0.1, 0.15) is 57.4 Å². The van der Waals surface area contributed by atoms with Crippen LogP contribution in [0.5, 0.6) is 5.75 Å². The number of carboxylic acid groups (broad SMARTS) is 1. The van der Waals surface area contributed by atoms with Gasteiger partial charge >= 0.3 is 5.97 Å². The molecule has 21 heavy (non-hydrogen) atoms. The summed E-state index contributed by atoms with van der Waals surface area (Å²) in [6.45, 7) is 4.82. The van der Waals surface area contributed by atoms with Crippen LogP contribution in [0.2, 0.25) is 0 Å². The van der Waals surface area contributed by atoms with Crippen molar-refractivity contribution in [2.75, 3.05) is 6.61 Å². The number of rotatable bonds is 6. The van der Waals surface area contributed by atoms with E-state index in [-0.39, 0.29) is 11.8 Å². The monoisotopic (exact) mass is 290 g/mol. The second-order valence-corrected chi connectivity index (χ2v) is 6.02. The van der Waals surface area contributed by atoms with Gasteiger partial charge in [0.2, 0.25) is 0 Å². The molecule has 3 atom stereocenters. The molecule has 1 aliphatic rings. The zero-order chi connectivity index (χ0) is 15.2. The van der Waals surface area contributed by atoms with Gasteiger partial charge in [-0.15, -0.1) is 0 Å². The number of carboxylic acids is 1. The summed E-state index contributed by atoms with van der Waals surface area (Å²) in [5.41, 5.74) is 1.15. The Hall–Kier alpha value is -1.51. The molecule has 1 saturated carbocycles. The van der Waals surface area contributed by atoms with E-state index in [1.807, 2.05) is 31.2 Å². The first-order chi connectivity index (χ1) is 10.2. The third kappa shape index (κ3) is 3.99. The van der Waals surface area contributed by atoms with Gasteiger partial charge in [-0.3, -0.25) is 4.79 Å². The van der Waals surface area contributed by atoms with Crippen LogP contribution in [0, 0.1) is 11.8 Å². The van der Waals surface area contributed by atoms with Gasteiger partial charge in [0.15, 0.2) is 0 Å². The summed E-state index contributed by atoms with van der Waals surface area (Å²) in [5.74, 6) is 0.777. The van der Waals surface area contributed by atoms with Crippen LogP contribution in [0.4, 0.5) is 0 Å². The van der Waals surface area contributed by atoms with Crippen LogP contribution in [0.15, 0.2) is 24.3 Å². The van der Waals surface area contributed by atoms with Crippen molar-refractivity contribution < 1.29 is 14.6 Å². The van der Waals surface area contributed by atoms with E-state index in [4.69, 9.17) is 4.74 Å². The van der Waals surface area contributed by atoms with Crippen molar-refractivity contribution in [1.29, 1.82) is 0 Å². The molecule has 2 rings (SSSR count). The largest absolute Gasteiger partial charge is 0.494 e. The van der Waals surface area contributed by atoms with Crippen molar-refractivity contribution in [3.63, 3.8) is 0 Å². The minimum atomic E-state index is -0.649. The molecule has 0 saturated heterocycles. The van der Waals surface area contributed by atoms with E-state index in [0.717, 1.165) is 30.6 Å². The number of hydrogen-bond donors (Lipinski definition) is 1. The summed E-state index contributed by atoms with van der Waals surface area (Å²) in [5, 5.41) is 9.50. The van der Waals surface area contributed by atoms with Gasteiger partial charge in [-0.2, -0.15) is 0 Å². The molecular weight excluding hydrogens is 264 g/mol. The summed E-state index contributed by atoms with van der Waals surface area (Å²) in [6, 6.07) is 8.00. The number of hydrogen-bond acceptors (Lipinski definition) is 2. The van der Waals surface area contributed by atoms with E-state index in [0.29, 0.717) is 12.5 Å². The lowest BCUT2D eigenvalue weighted by Gasteiger charge is -2.34. The zero-order valence-electron chi connectivity index (χ0n) is 13.0. The summed E-state index contributed by atoms with van der Waals surface area (Å²) in [6.07, 6.45) is 5.24. The minimum absolute atomic E-state index is 0.142. The Bertz CT molecular complexity index is 452. The molecule has 1 aromatic carbocycles. The molecule has 0 aromatic heterocycles. The predicted molar refractivity (Wildman–Crippen MR) is 83.7 cm³/mol. The Kier molecular flexibility index (Phi) is 5.66. The highest BCUT2D eigenvalue weighted by Gasteiger charge is 2.35. The van der Waals surface area contributed by atoms with Crippen molar-refractivity contribution in [2.24, 2.45) is 11.8 Å². The maximum atomic E-state index is 11.5. The molecule has 1 aliphatic carbocycles. The van der Waals surface area contributed by atoms with E-state index >= 15 is 0 Å². The number of ether oxygens (including phenoxy) is 1. The standard InChI is InChI=1S/C18H26O3/c1-3-5-13-6-11-16(18(19)20)17(12-13)14-7-9-15(10-8-14)21-4-2/h7-10,13,16-17H,3-6,11-12H2,1-2H3,(H,19,20). The number of benzene rings is 1. The van der Waals surface area contributed by atoms with Crippen LogP contribution >= 0.6 is 0 Å². The van der Waals surface area contributed by atoms with Gasteiger partial charge in [-0.1, -0.05) is 31.9 Å². The first-order valence-electron chi connectivity index (χ1n) is 8.11. The lowest BCUT2D eigenvalue weighted by atomic mass is 9.70. The molecule has 0 amide bonds. The van der Waals surface area contributed by atoms with E-state index in [2.05, 4.69) is 6.92 Å². The quantitative estimate of drug-likeness (QED) is 0.840. The van der Waals surface area contributed by atoms with Crippen LogP contribution < -0.4 is 4.74 Å². The highest BCUT2D eigenvalue weighted by atomic mass is 16.5. The van der Waals surface area contributed by atoms with Crippen molar-refractivity contribution in [3.8, 4) is 5.75 Å². The van der Waals surface area contributed by atoms with Crippen molar-refractivity contribution in [1.82, 2.24) is 0 Å². The predicted octanol–water partition coefficient (Wildman–Crippen LogP) is 4.47. The highest BCUT2D eigenvalue weighted by Crippen LogP contribution is 2.42. The van der Waals surface area contributed by atoms with Crippen LogP contribution in [0.25, 0.3) is 0 Å².